The molecule has 0 atom stereocenters. The number of aromatic nitrogens is 1. The monoisotopic (exact) mass is 264 g/mol. The van der Waals surface area contributed by atoms with E-state index in [0.29, 0.717) is 23.9 Å². The van der Waals surface area contributed by atoms with Crippen molar-refractivity contribution in [2.45, 2.75) is 6.92 Å². The third-order valence-electron chi connectivity index (χ3n) is 2.41. The van der Waals surface area contributed by atoms with Gasteiger partial charge in [-0.15, -0.1) is 0 Å². The zero-order chi connectivity index (χ0) is 13.0. The summed E-state index contributed by atoms with van der Waals surface area (Å²) in [4.78, 5) is 15.0. The summed E-state index contributed by atoms with van der Waals surface area (Å²) in [6, 6.07) is 7.28. The van der Waals surface area contributed by atoms with Gasteiger partial charge in [-0.1, -0.05) is 11.6 Å². The van der Waals surface area contributed by atoms with Crippen molar-refractivity contribution in [3.8, 4) is 5.75 Å². The van der Waals surface area contributed by atoms with Gasteiger partial charge in [0.05, 0.1) is 11.6 Å². The summed E-state index contributed by atoms with van der Waals surface area (Å²) in [6.07, 6.45) is 1.69. The van der Waals surface area contributed by atoms with Crippen LogP contribution in [0.2, 0.25) is 5.02 Å². The van der Waals surface area contributed by atoms with Crippen LogP contribution in [0, 0.1) is 0 Å². The summed E-state index contributed by atoms with van der Waals surface area (Å²) in [5, 5.41) is 4.17. The van der Waals surface area contributed by atoms with Gasteiger partial charge in [-0.3, -0.25) is 9.78 Å². The van der Waals surface area contributed by atoms with Crippen molar-refractivity contribution in [2.75, 3.05) is 13.2 Å². The molecule has 1 aromatic carbocycles. The van der Waals surface area contributed by atoms with Gasteiger partial charge in [-0.05, 0) is 24.3 Å². The summed E-state index contributed by atoms with van der Waals surface area (Å²) in [7, 11) is 0. The highest BCUT2D eigenvalue weighted by molar-refractivity contribution is 6.35. The van der Waals surface area contributed by atoms with E-state index in [9.17, 15) is 4.79 Å². The minimum absolute atomic E-state index is 0.0716. The number of nitrogens with zero attached hydrogens (tertiary/aromatic N) is 1. The number of pyridine rings is 1. The van der Waals surface area contributed by atoms with Crippen molar-refractivity contribution >= 4 is 28.4 Å². The first-order valence-corrected chi connectivity index (χ1v) is 5.97. The highest BCUT2D eigenvalue weighted by Crippen LogP contribution is 2.29. The van der Waals surface area contributed by atoms with E-state index in [4.69, 9.17) is 16.3 Å². The molecule has 0 unspecified atom stereocenters. The molecule has 0 aliphatic rings. The van der Waals surface area contributed by atoms with Gasteiger partial charge in [0.1, 0.15) is 17.9 Å². The number of fused-ring (bicyclic) bond motifs is 1. The van der Waals surface area contributed by atoms with E-state index < -0.39 is 0 Å². The van der Waals surface area contributed by atoms with Crippen molar-refractivity contribution < 1.29 is 9.53 Å². The Balaban J connectivity index is 2.14. The lowest BCUT2D eigenvalue weighted by molar-refractivity contribution is -0.119. The van der Waals surface area contributed by atoms with Crippen LogP contribution in [0.4, 0.5) is 0 Å². The Kier molecular flexibility index (Phi) is 3.99. The Morgan fingerprint density at radius 2 is 2.28 bits per heavy atom. The van der Waals surface area contributed by atoms with Crippen LogP contribution in [0.15, 0.2) is 30.5 Å². The predicted octanol–water partition coefficient (Wildman–Crippen LogP) is 2.40. The molecule has 2 rings (SSSR count). The molecule has 2 aromatic rings. The molecular formula is C13H13ClN2O2. The van der Waals surface area contributed by atoms with Gasteiger partial charge in [0, 0.05) is 18.5 Å². The van der Waals surface area contributed by atoms with Crippen LogP contribution in [-0.4, -0.2) is 24.0 Å². The van der Waals surface area contributed by atoms with Crippen LogP contribution in [0.5, 0.6) is 5.75 Å². The van der Waals surface area contributed by atoms with E-state index >= 15 is 0 Å². The predicted molar refractivity (Wildman–Crippen MR) is 70.9 cm³/mol. The summed E-state index contributed by atoms with van der Waals surface area (Å²) in [5.74, 6) is 0.595. The zero-order valence-corrected chi connectivity index (χ0v) is 10.7. The van der Waals surface area contributed by atoms with Gasteiger partial charge in [-0.25, -0.2) is 0 Å². The number of carbonyl (C=O) groups excluding carboxylic acids is 1. The number of benzene rings is 1. The fraction of sp³-hybridized carbons (Fsp3) is 0.231. The molecule has 1 aromatic heterocycles. The van der Waals surface area contributed by atoms with Gasteiger partial charge >= 0.3 is 0 Å². The topological polar surface area (TPSA) is 51.2 Å². The molecule has 0 saturated carbocycles. The van der Waals surface area contributed by atoms with Gasteiger partial charge in [0.2, 0.25) is 5.91 Å². The van der Waals surface area contributed by atoms with Crippen LogP contribution in [0.1, 0.15) is 6.92 Å². The van der Waals surface area contributed by atoms with E-state index in [1.54, 1.807) is 18.3 Å². The van der Waals surface area contributed by atoms with E-state index in [0.717, 1.165) is 10.9 Å². The van der Waals surface area contributed by atoms with Crippen LogP contribution in [0.25, 0.3) is 10.9 Å². The number of hydrogen-bond acceptors (Lipinski definition) is 3. The Labute approximate surface area is 110 Å². The SMILES string of the molecule is CC(=O)NCCOc1ccc(Cl)c2cccnc12. The lowest BCUT2D eigenvalue weighted by atomic mass is 10.2. The average Bonchev–Trinajstić information content (AvgIpc) is 2.37. The maximum atomic E-state index is 10.7. The molecule has 0 fully saturated rings. The van der Waals surface area contributed by atoms with Gasteiger partial charge in [0.15, 0.2) is 0 Å². The Bertz CT molecular complexity index is 572. The van der Waals surface area contributed by atoms with Crippen LogP contribution in [0.3, 0.4) is 0 Å². The van der Waals surface area contributed by atoms with E-state index in [1.807, 2.05) is 12.1 Å². The summed E-state index contributed by atoms with van der Waals surface area (Å²) in [6.45, 7) is 2.33. The molecule has 18 heavy (non-hydrogen) atoms. The van der Waals surface area contributed by atoms with E-state index in [1.165, 1.54) is 6.92 Å². The van der Waals surface area contributed by atoms with Gasteiger partial charge < -0.3 is 10.1 Å². The van der Waals surface area contributed by atoms with Gasteiger partial charge in [0.25, 0.3) is 0 Å². The Hall–Kier alpha value is -1.81. The fourth-order valence-electron chi connectivity index (χ4n) is 1.62. The Morgan fingerprint density at radius 1 is 1.44 bits per heavy atom. The highest BCUT2D eigenvalue weighted by atomic mass is 35.5. The van der Waals surface area contributed by atoms with E-state index in [-0.39, 0.29) is 5.91 Å². The normalized spacial score (nSPS) is 10.3. The summed E-state index contributed by atoms with van der Waals surface area (Å²) < 4.78 is 5.59. The standard InChI is InChI=1S/C13H13ClN2O2/c1-9(17)15-7-8-18-12-5-4-11(14)10-3-2-6-16-13(10)12/h2-6H,7-8H2,1H3,(H,15,17). The molecule has 1 heterocycles. The molecule has 5 heteroatoms. The van der Waals surface area contributed by atoms with Crippen LogP contribution < -0.4 is 10.1 Å². The largest absolute Gasteiger partial charge is 0.489 e. The van der Waals surface area contributed by atoms with Gasteiger partial charge in [-0.2, -0.15) is 0 Å². The average molecular weight is 265 g/mol. The van der Waals surface area contributed by atoms with E-state index in [2.05, 4.69) is 10.3 Å². The number of nitrogens with one attached hydrogen (secondary N) is 1. The number of halogens is 1. The van der Waals surface area contributed by atoms with Crippen molar-refractivity contribution in [3.05, 3.63) is 35.5 Å². The number of rotatable bonds is 4. The summed E-state index contributed by atoms with van der Waals surface area (Å²) >= 11 is 6.08. The number of ether oxygens (including phenoxy) is 1. The molecule has 0 saturated heterocycles. The molecule has 1 N–H and O–H groups in total. The number of hydrogen-bond donors (Lipinski definition) is 1. The zero-order valence-electron chi connectivity index (χ0n) is 9.94. The van der Waals surface area contributed by atoms with Crippen LogP contribution in [-0.2, 0) is 4.79 Å². The molecule has 0 radical (unpaired) electrons. The first kappa shape index (κ1) is 12.6. The van der Waals surface area contributed by atoms with Crippen molar-refractivity contribution in [2.24, 2.45) is 0 Å². The third-order valence-corrected chi connectivity index (χ3v) is 2.74. The minimum Gasteiger partial charge on any atom is -0.489 e. The Morgan fingerprint density at radius 3 is 3.06 bits per heavy atom. The van der Waals surface area contributed by atoms with Crippen molar-refractivity contribution in [1.29, 1.82) is 0 Å². The maximum absolute atomic E-state index is 10.7. The first-order valence-electron chi connectivity index (χ1n) is 5.59. The first-order chi connectivity index (χ1) is 8.68. The molecular weight excluding hydrogens is 252 g/mol. The smallest absolute Gasteiger partial charge is 0.216 e. The second-order valence-corrected chi connectivity index (χ2v) is 4.18. The maximum Gasteiger partial charge on any atom is 0.216 e. The number of carbonyl (C=O) groups is 1. The molecule has 0 spiro atoms. The number of amides is 1. The quantitative estimate of drug-likeness (QED) is 0.863. The molecule has 0 bridgehead atoms. The van der Waals surface area contributed by atoms with Crippen molar-refractivity contribution in [3.63, 3.8) is 0 Å². The summed E-state index contributed by atoms with van der Waals surface area (Å²) in [5.41, 5.74) is 0.729. The van der Waals surface area contributed by atoms with Crippen molar-refractivity contribution in [1.82, 2.24) is 10.3 Å². The lowest BCUT2D eigenvalue weighted by Crippen LogP contribution is -2.25. The molecule has 94 valence electrons. The molecule has 0 aliphatic heterocycles. The van der Waals surface area contributed by atoms with Crippen LogP contribution >= 0.6 is 11.6 Å². The fourth-order valence-corrected chi connectivity index (χ4v) is 1.83. The molecule has 1 amide bonds. The molecule has 4 nitrogen and oxygen atoms in total. The second-order valence-electron chi connectivity index (χ2n) is 3.78. The molecule has 0 aliphatic carbocycles. The second kappa shape index (κ2) is 5.69. The minimum atomic E-state index is -0.0716. The third kappa shape index (κ3) is 2.90. The lowest BCUT2D eigenvalue weighted by Gasteiger charge is -2.09. The highest BCUT2D eigenvalue weighted by Gasteiger charge is 2.06.